The van der Waals surface area contributed by atoms with Crippen molar-refractivity contribution in [1.29, 1.82) is 0 Å². The van der Waals surface area contributed by atoms with Gasteiger partial charge in [-0.05, 0) is 44.4 Å². The number of benzene rings is 1. The van der Waals surface area contributed by atoms with Crippen LogP contribution in [0, 0.1) is 0 Å². The summed E-state index contributed by atoms with van der Waals surface area (Å²) in [7, 11) is 0. The van der Waals surface area contributed by atoms with Gasteiger partial charge < -0.3 is 19.5 Å². The molecule has 0 saturated carbocycles. The van der Waals surface area contributed by atoms with Crippen molar-refractivity contribution in [2.45, 2.75) is 52.9 Å². The lowest BCUT2D eigenvalue weighted by Crippen LogP contribution is -2.26. The molecule has 2 aromatic rings. The second-order valence-corrected chi connectivity index (χ2v) is 6.52. The summed E-state index contributed by atoms with van der Waals surface area (Å²) >= 11 is 0. The predicted molar refractivity (Wildman–Crippen MR) is 110 cm³/mol. The van der Waals surface area contributed by atoms with Gasteiger partial charge in [0.1, 0.15) is 5.75 Å². The molecule has 0 unspecified atom stereocenters. The molecular weight excluding hydrogens is 372 g/mol. The van der Waals surface area contributed by atoms with E-state index < -0.39 is 6.29 Å². The van der Waals surface area contributed by atoms with E-state index in [1.54, 1.807) is 10.9 Å². The second kappa shape index (κ2) is 12.9. The SMILES string of the molecule is CCCCOc1ccc(CCNC(=O)c2cn(CC(OCC)OCC)nn2)cc1. The Labute approximate surface area is 172 Å². The van der Waals surface area contributed by atoms with Crippen LogP contribution in [0.5, 0.6) is 5.75 Å². The minimum Gasteiger partial charge on any atom is -0.494 e. The van der Waals surface area contributed by atoms with Crippen LogP contribution < -0.4 is 10.1 Å². The quantitative estimate of drug-likeness (QED) is 0.385. The van der Waals surface area contributed by atoms with Gasteiger partial charge in [-0.25, -0.2) is 4.68 Å². The number of hydrogen-bond donors (Lipinski definition) is 1. The van der Waals surface area contributed by atoms with Crippen LogP contribution in [-0.2, 0) is 22.4 Å². The summed E-state index contributed by atoms with van der Waals surface area (Å²) in [6.45, 7) is 8.66. The zero-order valence-electron chi connectivity index (χ0n) is 17.6. The van der Waals surface area contributed by atoms with Gasteiger partial charge in [0.15, 0.2) is 12.0 Å². The van der Waals surface area contributed by atoms with E-state index >= 15 is 0 Å². The first kappa shape index (κ1) is 22.8. The molecule has 0 aliphatic carbocycles. The van der Waals surface area contributed by atoms with Gasteiger partial charge in [0, 0.05) is 19.8 Å². The summed E-state index contributed by atoms with van der Waals surface area (Å²) in [5.74, 6) is 0.625. The molecule has 0 fully saturated rings. The standard InChI is InChI=1S/C21H32N4O4/c1-4-7-14-29-18-10-8-17(9-11-18)12-13-22-21(26)19-15-25(24-23-19)16-20(27-5-2)28-6-3/h8-11,15,20H,4-7,12-14,16H2,1-3H3,(H,22,26). The summed E-state index contributed by atoms with van der Waals surface area (Å²) in [6, 6.07) is 7.97. The fourth-order valence-corrected chi connectivity index (χ4v) is 2.67. The molecule has 1 heterocycles. The molecule has 0 saturated heterocycles. The van der Waals surface area contributed by atoms with Gasteiger partial charge in [-0.15, -0.1) is 5.10 Å². The predicted octanol–water partition coefficient (Wildman–Crippen LogP) is 2.83. The van der Waals surface area contributed by atoms with E-state index in [0.29, 0.717) is 26.3 Å². The summed E-state index contributed by atoms with van der Waals surface area (Å²) in [4.78, 5) is 12.3. The third-order valence-corrected chi connectivity index (χ3v) is 4.20. The molecule has 1 N–H and O–H groups in total. The zero-order chi connectivity index (χ0) is 20.9. The number of hydrogen-bond acceptors (Lipinski definition) is 6. The Morgan fingerprint density at radius 2 is 1.86 bits per heavy atom. The molecule has 8 nitrogen and oxygen atoms in total. The van der Waals surface area contributed by atoms with Crippen molar-refractivity contribution in [2.24, 2.45) is 0 Å². The molecule has 0 aliphatic rings. The molecule has 2 rings (SSSR count). The molecule has 0 bridgehead atoms. The fraction of sp³-hybridized carbons (Fsp3) is 0.571. The van der Waals surface area contributed by atoms with Crippen LogP contribution in [0.2, 0.25) is 0 Å². The lowest BCUT2D eigenvalue weighted by Gasteiger charge is -2.16. The number of nitrogens with one attached hydrogen (secondary N) is 1. The number of rotatable bonds is 14. The van der Waals surface area contributed by atoms with Crippen molar-refractivity contribution < 1.29 is 19.0 Å². The number of carbonyl (C=O) groups excluding carboxylic acids is 1. The highest BCUT2D eigenvalue weighted by atomic mass is 16.7. The van der Waals surface area contributed by atoms with E-state index in [9.17, 15) is 4.79 Å². The van der Waals surface area contributed by atoms with Crippen LogP contribution in [-0.4, -0.2) is 53.6 Å². The van der Waals surface area contributed by atoms with Crippen molar-refractivity contribution in [3.8, 4) is 5.75 Å². The molecule has 0 atom stereocenters. The molecule has 0 spiro atoms. The largest absolute Gasteiger partial charge is 0.494 e. The highest BCUT2D eigenvalue weighted by molar-refractivity contribution is 5.91. The van der Waals surface area contributed by atoms with Gasteiger partial charge in [0.25, 0.3) is 5.91 Å². The molecule has 160 valence electrons. The first-order chi connectivity index (χ1) is 14.2. The van der Waals surface area contributed by atoms with Crippen molar-refractivity contribution in [1.82, 2.24) is 20.3 Å². The maximum atomic E-state index is 12.3. The van der Waals surface area contributed by atoms with Gasteiger partial charge in [-0.3, -0.25) is 4.79 Å². The summed E-state index contributed by atoms with van der Waals surface area (Å²) < 4.78 is 18.2. The van der Waals surface area contributed by atoms with Crippen LogP contribution >= 0.6 is 0 Å². The Morgan fingerprint density at radius 1 is 1.14 bits per heavy atom. The van der Waals surface area contributed by atoms with Crippen LogP contribution in [0.4, 0.5) is 0 Å². The van der Waals surface area contributed by atoms with Crippen molar-refractivity contribution >= 4 is 5.91 Å². The number of aromatic nitrogens is 3. The van der Waals surface area contributed by atoms with Gasteiger partial charge in [0.2, 0.25) is 0 Å². The first-order valence-electron chi connectivity index (χ1n) is 10.3. The van der Waals surface area contributed by atoms with E-state index in [2.05, 4.69) is 22.6 Å². The zero-order valence-corrected chi connectivity index (χ0v) is 17.6. The molecule has 8 heteroatoms. The van der Waals surface area contributed by atoms with Gasteiger partial charge in [-0.2, -0.15) is 0 Å². The van der Waals surface area contributed by atoms with Crippen LogP contribution in [0.15, 0.2) is 30.5 Å². The topological polar surface area (TPSA) is 87.5 Å². The molecule has 1 amide bonds. The first-order valence-corrected chi connectivity index (χ1v) is 10.3. The normalized spacial score (nSPS) is 11.0. The number of nitrogens with zero attached hydrogens (tertiary/aromatic N) is 3. The van der Waals surface area contributed by atoms with E-state index in [1.165, 1.54) is 0 Å². The molecule has 1 aromatic heterocycles. The Bertz CT molecular complexity index is 712. The maximum Gasteiger partial charge on any atom is 0.273 e. The lowest BCUT2D eigenvalue weighted by atomic mass is 10.1. The Kier molecular flexibility index (Phi) is 10.2. The van der Waals surface area contributed by atoms with Crippen molar-refractivity contribution in [3.63, 3.8) is 0 Å². The molecular formula is C21H32N4O4. The Hall–Kier alpha value is -2.45. The van der Waals surface area contributed by atoms with Crippen LogP contribution in [0.25, 0.3) is 0 Å². The lowest BCUT2D eigenvalue weighted by molar-refractivity contribution is -0.145. The van der Waals surface area contributed by atoms with Crippen molar-refractivity contribution in [3.05, 3.63) is 41.7 Å². The summed E-state index contributed by atoms with van der Waals surface area (Å²) in [5, 5.41) is 10.8. The number of unbranched alkanes of at least 4 members (excludes halogenated alkanes) is 1. The van der Waals surface area contributed by atoms with Gasteiger partial charge in [-0.1, -0.05) is 30.7 Å². The average molecular weight is 405 g/mol. The minimum atomic E-state index is -0.406. The van der Waals surface area contributed by atoms with E-state index in [1.807, 2.05) is 38.1 Å². The average Bonchev–Trinajstić information content (AvgIpc) is 3.18. The molecule has 29 heavy (non-hydrogen) atoms. The maximum absolute atomic E-state index is 12.3. The third kappa shape index (κ3) is 8.21. The van der Waals surface area contributed by atoms with E-state index in [0.717, 1.165) is 37.2 Å². The third-order valence-electron chi connectivity index (χ3n) is 4.20. The van der Waals surface area contributed by atoms with Crippen molar-refractivity contribution in [2.75, 3.05) is 26.4 Å². The molecule has 1 aromatic carbocycles. The Morgan fingerprint density at radius 3 is 2.52 bits per heavy atom. The highest BCUT2D eigenvalue weighted by Crippen LogP contribution is 2.13. The van der Waals surface area contributed by atoms with E-state index in [-0.39, 0.29) is 11.6 Å². The highest BCUT2D eigenvalue weighted by Gasteiger charge is 2.14. The van der Waals surface area contributed by atoms with Crippen LogP contribution in [0.3, 0.4) is 0 Å². The van der Waals surface area contributed by atoms with Gasteiger partial charge in [0.05, 0.1) is 19.3 Å². The molecule has 0 radical (unpaired) electrons. The smallest absolute Gasteiger partial charge is 0.273 e. The minimum absolute atomic E-state index is 0.250. The van der Waals surface area contributed by atoms with Crippen LogP contribution in [0.1, 0.15) is 49.7 Å². The summed E-state index contributed by atoms with van der Waals surface area (Å²) in [5.41, 5.74) is 1.41. The fourth-order valence-electron chi connectivity index (χ4n) is 2.67. The van der Waals surface area contributed by atoms with Gasteiger partial charge >= 0.3 is 0 Å². The van der Waals surface area contributed by atoms with E-state index in [4.69, 9.17) is 14.2 Å². The monoisotopic (exact) mass is 404 g/mol. The second-order valence-electron chi connectivity index (χ2n) is 6.52. The summed E-state index contributed by atoms with van der Waals surface area (Å²) in [6.07, 6.45) is 4.09. The number of ether oxygens (including phenoxy) is 3. The molecule has 0 aliphatic heterocycles. The Balaban J connectivity index is 1.75. The number of amides is 1. The number of carbonyl (C=O) groups is 1.